The first-order valence-electron chi connectivity index (χ1n) is 6.96. The standard InChI is InChI=1S/C18H15N2O3/c21-14-13-20(19-18(23)16-9-5-2-6-10-16)17(22)12-11-15-7-3-1-4-8-15/h1-12H,13H2,(H,19,23)/b12-11+. The molecule has 0 bridgehead atoms. The van der Waals surface area contributed by atoms with Crippen molar-refractivity contribution in [3.05, 3.63) is 77.9 Å². The molecule has 0 atom stereocenters. The average Bonchev–Trinajstić information content (AvgIpc) is 2.61. The van der Waals surface area contributed by atoms with Crippen LogP contribution in [0.25, 0.3) is 6.08 Å². The van der Waals surface area contributed by atoms with Gasteiger partial charge in [0, 0.05) is 11.6 Å². The number of benzene rings is 2. The Morgan fingerprint density at radius 2 is 1.61 bits per heavy atom. The molecule has 5 heteroatoms. The van der Waals surface area contributed by atoms with E-state index >= 15 is 0 Å². The molecule has 0 aliphatic carbocycles. The molecule has 0 spiro atoms. The maximum atomic E-state index is 12.1. The van der Waals surface area contributed by atoms with Gasteiger partial charge in [-0.25, -0.2) is 5.01 Å². The number of hydrogen-bond acceptors (Lipinski definition) is 3. The maximum absolute atomic E-state index is 12.1. The molecule has 23 heavy (non-hydrogen) atoms. The number of amides is 2. The quantitative estimate of drug-likeness (QED) is 0.678. The summed E-state index contributed by atoms with van der Waals surface area (Å²) >= 11 is 0. The molecule has 2 amide bonds. The van der Waals surface area contributed by atoms with Crippen molar-refractivity contribution >= 4 is 24.2 Å². The Labute approximate surface area is 134 Å². The fourth-order valence-corrected chi connectivity index (χ4v) is 1.84. The third kappa shape index (κ3) is 4.93. The van der Waals surface area contributed by atoms with Gasteiger partial charge in [0.1, 0.15) is 6.54 Å². The molecule has 115 valence electrons. The summed E-state index contributed by atoms with van der Waals surface area (Å²) in [5, 5.41) is 0.918. The Hall–Kier alpha value is -3.21. The van der Waals surface area contributed by atoms with E-state index in [0.717, 1.165) is 10.6 Å². The smallest absolute Gasteiger partial charge is 0.269 e. The highest BCUT2D eigenvalue weighted by atomic mass is 16.2. The number of rotatable bonds is 5. The number of carbonyl (C=O) groups is 2. The lowest BCUT2D eigenvalue weighted by Crippen LogP contribution is -2.46. The number of nitrogens with zero attached hydrogens (tertiary/aromatic N) is 1. The first-order valence-corrected chi connectivity index (χ1v) is 6.96. The van der Waals surface area contributed by atoms with Gasteiger partial charge in [0.25, 0.3) is 11.8 Å². The van der Waals surface area contributed by atoms with Gasteiger partial charge >= 0.3 is 0 Å². The van der Waals surface area contributed by atoms with Gasteiger partial charge in [-0.15, -0.1) is 0 Å². The van der Waals surface area contributed by atoms with E-state index in [1.165, 1.54) is 6.08 Å². The van der Waals surface area contributed by atoms with Crippen molar-refractivity contribution in [3.8, 4) is 0 Å². The fraction of sp³-hybridized carbons (Fsp3) is 0.0556. The Bertz CT molecular complexity index is 697. The summed E-state index contributed by atoms with van der Waals surface area (Å²) in [4.78, 5) is 34.8. The molecule has 0 aromatic heterocycles. The molecule has 0 fully saturated rings. The van der Waals surface area contributed by atoms with Crippen LogP contribution >= 0.6 is 0 Å². The van der Waals surface area contributed by atoms with E-state index in [-0.39, 0.29) is 6.54 Å². The zero-order valence-corrected chi connectivity index (χ0v) is 12.3. The Kier molecular flexibility index (Phi) is 5.82. The van der Waals surface area contributed by atoms with E-state index in [0.29, 0.717) is 5.56 Å². The number of hydrogen-bond donors (Lipinski definition) is 1. The van der Waals surface area contributed by atoms with Crippen LogP contribution in [-0.2, 0) is 9.59 Å². The molecule has 0 aliphatic heterocycles. The van der Waals surface area contributed by atoms with Crippen LogP contribution in [0.15, 0.2) is 66.7 Å². The van der Waals surface area contributed by atoms with Crippen LogP contribution in [0.3, 0.4) is 0 Å². The molecule has 2 aromatic rings. The zero-order valence-electron chi connectivity index (χ0n) is 12.3. The Balaban J connectivity index is 2.05. The molecule has 2 aromatic carbocycles. The van der Waals surface area contributed by atoms with E-state index in [1.807, 2.05) is 30.3 Å². The molecular weight excluding hydrogens is 292 g/mol. The summed E-state index contributed by atoms with van der Waals surface area (Å²) in [7, 11) is 0. The zero-order chi connectivity index (χ0) is 16.5. The van der Waals surface area contributed by atoms with Crippen molar-refractivity contribution in [2.45, 2.75) is 0 Å². The highest BCUT2D eigenvalue weighted by Gasteiger charge is 2.14. The summed E-state index contributed by atoms with van der Waals surface area (Å²) in [5.41, 5.74) is 3.63. The summed E-state index contributed by atoms with van der Waals surface area (Å²) < 4.78 is 0. The normalized spacial score (nSPS) is 10.3. The number of nitrogens with one attached hydrogen (secondary N) is 1. The van der Waals surface area contributed by atoms with Gasteiger partial charge in [0.2, 0.25) is 6.29 Å². The maximum Gasteiger partial charge on any atom is 0.269 e. The van der Waals surface area contributed by atoms with E-state index in [2.05, 4.69) is 5.43 Å². The van der Waals surface area contributed by atoms with Gasteiger partial charge in [-0.3, -0.25) is 19.8 Å². The van der Waals surface area contributed by atoms with Crippen LogP contribution in [0.1, 0.15) is 15.9 Å². The molecule has 1 radical (unpaired) electrons. The van der Waals surface area contributed by atoms with Crippen LogP contribution in [0, 0.1) is 0 Å². The van der Waals surface area contributed by atoms with Crippen LogP contribution in [0.5, 0.6) is 0 Å². The minimum atomic E-state index is -0.513. The second kappa shape index (κ2) is 8.29. The molecule has 0 saturated carbocycles. The number of carbonyl (C=O) groups excluding carboxylic acids is 3. The lowest BCUT2D eigenvalue weighted by Gasteiger charge is -2.19. The summed E-state index contributed by atoms with van der Waals surface area (Å²) in [6.45, 7) is -0.351. The molecule has 0 saturated heterocycles. The Morgan fingerprint density at radius 1 is 1.00 bits per heavy atom. The largest absolute Gasteiger partial charge is 0.289 e. The van der Waals surface area contributed by atoms with Crippen molar-refractivity contribution in [2.75, 3.05) is 6.54 Å². The predicted molar refractivity (Wildman–Crippen MR) is 86.8 cm³/mol. The van der Waals surface area contributed by atoms with Crippen LogP contribution < -0.4 is 5.43 Å². The molecule has 0 heterocycles. The predicted octanol–water partition coefficient (Wildman–Crippen LogP) is 1.98. The van der Waals surface area contributed by atoms with E-state index in [1.54, 1.807) is 42.7 Å². The third-order valence-corrected chi connectivity index (χ3v) is 2.98. The SMILES string of the molecule is O=[C]CN(NC(=O)c1ccccc1)C(=O)/C=C/c1ccccc1. The molecule has 0 unspecified atom stereocenters. The van der Waals surface area contributed by atoms with Crippen molar-refractivity contribution in [3.63, 3.8) is 0 Å². The van der Waals surface area contributed by atoms with Crippen LogP contribution in [-0.4, -0.2) is 29.7 Å². The minimum absolute atomic E-state index is 0.351. The fourth-order valence-electron chi connectivity index (χ4n) is 1.84. The highest BCUT2D eigenvalue weighted by Crippen LogP contribution is 2.02. The lowest BCUT2D eigenvalue weighted by atomic mass is 10.2. The first-order chi connectivity index (χ1) is 11.2. The topological polar surface area (TPSA) is 66.5 Å². The van der Waals surface area contributed by atoms with E-state index < -0.39 is 11.8 Å². The van der Waals surface area contributed by atoms with Gasteiger partial charge in [0.15, 0.2) is 0 Å². The van der Waals surface area contributed by atoms with Crippen molar-refractivity contribution in [1.82, 2.24) is 10.4 Å². The summed E-state index contributed by atoms with van der Waals surface area (Å²) in [6.07, 6.45) is 4.51. The van der Waals surface area contributed by atoms with Crippen LogP contribution in [0.4, 0.5) is 0 Å². The van der Waals surface area contributed by atoms with Crippen molar-refractivity contribution in [1.29, 1.82) is 0 Å². The minimum Gasteiger partial charge on any atom is -0.289 e. The van der Waals surface area contributed by atoms with Gasteiger partial charge < -0.3 is 0 Å². The molecular formula is C18H15N2O3. The van der Waals surface area contributed by atoms with Gasteiger partial charge in [-0.2, -0.15) is 0 Å². The molecule has 2 rings (SSSR count). The van der Waals surface area contributed by atoms with Gasteiger partial charge in [0.05, 0.1) is 0 Å². The number of hydrazine groups is 1. The molecule has 5 nitrogen and oxygen atoms in total. The van der Waals surface area contributed by atoms with Gasteiger partial charge in [-0.05, 0) is 23.8 Å². The highest BCUT2D eigenvalue weighted by molar-refractivity contribution is 5.98. The van der Waals surface area contributed by atoms with E-state index in [4.69, 9.17) is 0 Å². The third-order valence-electron chi connectivity index (χ3n) is 2.98. The average molecular weight is 307 g/mol. The van der Waals surface area contributed by atoms with Crippen molar-refractivity contribution < 1.29 is 14.4 Å². The first kappa shape index (κ1) is 16.2. The lowest BCUT2D eigenvalue weighted by molar-refractivity contribution is -0.127. The molecule has 1 N–H and O–H groups in total. The molecule has 0 aliphatic rings. The van der Waals surface area contributed by atoms with Crippen LogP contribution in [0.2, 0.25) is 0 Å². The van der Waals surface area contributed by atoms with Gasteiger partial charge in [-0.1, -0.05) is 48.5 Å². The monoisotopic (exact) mass is 307 g/mol. The Morgan fingerprint density at radius 3 is 2.22 bits per heavy atom. The van der Waals surface area contributed by atoms with Crippen molar-refractivity contribution in [2.24, 2.45) is 0 Å². The second-order valence-corrected chi connectivity index (χ2v) is 4.62. The summed E-state index contributed by atoms with van der Waals surface area (Å²) in [6, 6.07) is 17.7. The second-order valence-electron chi connectivity index (χ2n) is 4.62. The summed E-state index contributed by atoms with van der Waals surface area (Å²) in [5.74, 6) is -0.983. The van der Waals surface area contributed by atoms with E-state index in [9.17, 15) is 14.4 Å².